The minimum Gasteiger partial charge on any atom is -0.486 e. The van der Waals surface area contributed by atoms with Crippen molar-refractivity contribution in [1.82, 2.24) is 9.55 Å². The first-order valence-electron chi connectivity index (χ1n) is 10.4. The molecule has 1 aromatic heterocycles. The summed E-state index contributed by atoms with van der Waals surface area (Å²) in [6, 6.07) is 16.0. The number of aryl methyl sites for hydroxylation is 1. The summed E-state index contributed by atoms with van der Waals surface area (Å²) >= 11 is 0. The zero-order valence-corrected chi connectivity index (χ0v) is 18.1. The molecule has 0 aliphatic heterocycles. The van der Waals surface area contributed by atoms with Gasteiger partial charge >= 0.3 is 0 Å². The first-order valence-corrected chi connectivity index (χ1v) is 10.4. The molecule has 1 heterocycles. The Bertz CT molecular complexity index is 1020. The van der Waals surface area contributed by atoms with Crippen LogP contribution in [0, 0.1) is 0 Å². The van der Waals surface area contributed by atoms with E-state index in [1.807, 2.05) is 42.1 Å². The maximum Gasteiger partial charge on any atom is 0.235 e. The molecule has 1 aliphatic rings. The lowest BCUT2D eigenvalue weighted by atomic mass is 9.85. The van der Waals surface area contributed by atoms with Gasteiger partial charge in [-0.1, -0.05) is 45.0 Å². The van der Waals surface area contributed by atoms with Crippen LogP contribution >= 0.6 is 0 Å². The molecule has 0 bridgehead atoms. The third-order valence-corrected chi connectivity index (χ3v) is 5.89. The Morgan fingerprint density at radius 3 is 2.30 bits per heavy atom. The highest BCUT2D eigenvalue weighted by molar-refractivity contribution is 6.01. The normalized spacial score (nSPS) is 14.9. The van der Waals surface area contributed by atoms with Crippen molar-refractivity contribution in [2.24, 2.45) is 7.05 Å². The lowest BCUT2D eigenvalue weighted by molar-refractivity contribution is -0.118. The van der Waals surface area contributed by atoms with Crippen LogP contribution < -0.4 is 10.1 Å². The van der Waals surface area contributed by atoms with Crippen LogP contribution in [-0.4, -0.2) is 15.5 Å². The molecule has 5 heteroatoms. The van der Waals surface area contributed by atoms with Gasteiger partial charge in [0, 0.05) is 25.1 Å². The molecule has 0 saturated heterocycles. The molecule has 0 spiro atoms. The molecule has 1 N–H and O–H groups in total. The van der Waals surface area contributed by atoms with Gasteiger partial charge in [0.05, 0.1) is 5.41 Å². The average molecular weight is 404 g/mol. The van der Waals surface area contributed by atoms with Crippen LogP contribution in [0.15, 0.2) is 60.9 Å². The van der Waals surface area contributed by atoms with Gasteiger partial charge in [-0.05, 0) is 53.6 Å². The number of imidazole rings is 1. The highest BCUT2D eigenvalue weighted by Crippen LogP contribution is 2.49. The molecule has 5 nitrogen and oxygen atoms in total. The summed E-state index contributed by atoms with van der Waals surface area (Å²) in [6.07, 6.45) is 5.42. The second-order valence-electron chi connectivity index (χ2n) is 9.13. The number of benzene rings is 2. The van der Waals surface area contributed by atoms with Gasteiger partial charge in [0.2, 0.25) is 5.91 Å². The van der Waals surface area contributed by atoms with Gasteiger partial charge in [0.15, 0.2) is 0 Å². The van der Waals surface area contributed by atoms with E-state index in [4.69, 9.17) is 4.74 Å². The summed E-state index contributed by atoms with van der Waals surface area (Å²) in [5.41, 5.74) is 2.87. The highest BCUT2D eigenvalue weighted by atomic mass is 16.5. The number of anilines is 1. The first kappa shape index (κ1) is 20.2. The molecule has 4 rings (SSSR count). The smallest absolute Gasteiger partial charge is 0.235 e. The van der Waals surface area contributed by atoms with Crippen LogP contribution in [0.2, 0.25) is 0 Å². The lowest BCUT2D eigenvalue weighted by Crippen LogP contribution is -2.28. The maximum atomic E-state index is 13.0. The summed E-state index contributed by atoms with van der Waals surface area (Å²) < 4.78 is 7.71. The minimum atomic E-state index is -0.399. The highest BCUT2D eigenvalue weighted by Gasteiger charge is 2.51. The van der Waals surface area contributed by atoms with E-state index in [0.29, 0.717) is 6.61 Å². The SMILES string of the molecule is Cn1ccnc1COc1ccc(NC(=O)C2(c3ccc(C(C)(C)C)cc3)CC2)cc1. The lowest BCUT2D eigenvalue weighted by Gasteiger charge is -2.21. The van der Waals surface area contributed by atoms with Crippen LogP contribution in [0.5, 0.6) is 5.75 Å². The molecule has 1 amide bonds. The largest absolute Gasteiger partial charge is 0.486 e. The summed E-state index contributed by atoms with van der Waals surface area (Å²) in [5.74, 6) is 1.67. The fourth-order valence-corrected chi connectivity index (χ4v) is 3.63. The predicted octanol–water partition coefficient (Wildman–Crippen LogP) is 4.97. The first-order chi connectivity index (χ1) is 14.3. The van der Waals surface area contributed by atoms with Crippen molar-refractivity contribution in [1.29, 1.82) is 0 Å². The second-order valence-corrected chi connectivity index (χ2v) is 9.13. The summed E-state index contributed by atoms with van der Waals surface area (Å²) in [4.78, 5) is 17.3. The average Bonchev–Trinajstić information content (AvgIpc) is 3.44. The van der Waals surface area contributed by atoms with Gasteiger partial charge in [-0.25, -0.2) is 4.98 Å². The van der Waals surface area contributed by atoms with Crippen molar-refractivity contribution in [2.75, 3.05) is 5.32 Å². The number of carbonyl (C=O) groups is 1. The summed E-state index contributed by atoms with van der Waals surface area (Å²) in [7, 11) is 1.94. The Morgan fingerprint density at radius 2 is 1.77 bits per heavy atom. The fraction of sp³-hybridized carbons (Fsp3) is 0.360. The van der Waals surface area contributed by atoms with Crippen LogP contribution in [-0.2, 0) is 29.3 Å². The van der Waals surface area contributed by atoms with Crippen LogP contribution in [0.3, 0.4) is 0 Å². The van der Waals surface area contributed by atoms with E-state index < -0.39 is 5.41 Å². The Balaban J connectivity index is 1.39. The molecular formula is C25H29N3O2. The van der Waals surface area contributed by atoms with Crippen molar-refractivity contribution in [3.8, 4) is 5.75 Å². The quantitative estimate of drug-likeness (QED) is 0.632. The van der Waals surface area contributed by atoms with Crippen LogP contribution in [0.4, 0.5) is 5.69 Å². The molecule has 0 radical (unpaired) electrons. The third-order valence-electron chi connectivity index (χ3n) is 5.89. The minimum absolute atomic E-state index is 0.0627. The summed E-state index contributed by atoms with van der Waals surface area (Å²) in [6.45, 7) is 7.00. The second kappa shape index (κ2) is 7.63. The third kappa shape index (κ3) is 4.11. The van der Waals surface area contributed by atoms with Gasteiger partial charge in [0.25, 0.3) is 0 Å². The van der Waals surface area contributed by atoms with Crippen LogP contribution in [0.1, 0.15) is 50.6 Å². The standard InChI is InChI=1S/C25H29N3O2/c1-24(2,3)18-5-7-19(8-6-18)25(13-14-25)23(29)27-20-9-11-21(12-10-20)30-17-22-26-15-16-28(22)4/h5-12,15-16H,13-14,17H2,1-4H3,(H,27,29). The van der Waals surface area contributed by atoms with Gasteiger partial charge in [-0.15, -0.1) is 0 Å². The molecule has 2 aromatic carbocycles. The van der Waals surface area contributed by atoms with Crippen molar-refractivity contribution in [3.63, 3.8) is 0 Å². The number of ether oxygens (including phenoxy) is 1. The molecule has 1 aliphatic carbocycles. The zero-order valence-electron chi connectivity index (χ0n) is 18.1. The van der Waals surface area contributed by atoms with Crippen molar-refractivity contribution < 1.29 is 9.53 Å². The number of nitrogens with zero attached hydrogens (tertiary/aromatic N) is 2. The van der Waals surface area contributed by atoms with E-state index >= 15 is 0 Å². The summed E-state index contributed by atoms with van der Waals surface area (Å²) in [5, 5.41) is 3.08. The zero-order chi connectivity index (χ0) is 21.4. The van der Waals surface area contributed by atoms with E-state index in [0.717, 1.165) is 35.7 Å². The Labute approximate surface area is 178 Å². The molecule has 30 heavy (non-hydrogen) atoms. The maximum absolute atomic E-state index is 13.0. The molecule has 1 fully saturated rings. The van der Waals surface area contributed by atoms with Crippen molar-refractivity contribution in [3.05, 3.63) is 77.9 Å². The van der Waals surface area contributed by atoms with E-state index in [1.165, 1.54) is 5.56 Å². The molecule has 156 valence electrons. The monoisotopic (exact) mass is 403 g/mol. The molecule has 0 atom stereocenters. The van der Waals surface area contributed by atoms with Crippen molar-refractivity contribution in [2.45, 2.75) is 51.0 Å². The van der Waals surface area contributed by atoms with E-state index in [-0.39, 0.29) is 11.3 Å². The Kier molecular flexibility index (Phi) is 5.14. The van der Waals surface area contributed by atoms with Crippen molar-refractivity contribution >= 4 is 11.6 Å². The van der Waals surface area contributed by atoms with E-state index in [1.54, 1.807) is 6.20 Å². The number of hydrogen-bond donors (Lipinski definition) is 1. The number of amides is 1. The predicted molar refractivity (Wildman–Crippen MR) is 119 cm³/mol. The van der Waals surface area contributed by atoms with E-state index in [9.17, 15) is 4.79 Å². The molecule has 3 aromatic rings. The number of rotatable bonds is 6. The fourth-order valence-electron chi connectivity index (χ4n) is 3.63. The number of nitrogens with one attached hydrogen (secondary N) is 1. The van der Waals surface area contributed by atoms with E-state index in [2.05, 4.69) is 55.3 Å². The Morgan fingerprint density at radius 1 is 1.10 bits per heavy atom. The molecule has 1 saturated carbocycles. The number of aromatic nitrogens is 2. The molecule has 0 unspecified atom stereocenters. The Hall–Kier alpha value is -3.08. The van der Waals surface area contributed by atoms with Crippen LogP contribution in [0.25, 0.3) is 0 Å². The van der Waals surface area contributed by atoms with Gasteiger partial charge in [-0.3, -0.25) is 4.79 Å². The number of hydrogen-bond acceptors (Lipinski definition) is 3. The van der Waals surface area contributed by atoms with Gasteiger partial charge in [-0.2, -0.15) is 0 Å². The number of carbonyl (C=O) groups excluding carboxylic acids is 1. The molecular weight excluding hydrogens is 374 g/mol. The topological polar surface area (TPSA) is 56.1 Å². The van der Waals surface area contributed by atoms with Gasteiger partial charge < -0.3 is 14.6 Å². The van der Waals surface area contributed by atoms with Gasteiger partial charge in [0.1, 0.15) is 18.2 Å².